The van der Waals surface area contributed by atoms with Gasteiger partial charge < -0.3 is 0 Å². The molecule has 0 aromatic heterocycles. The Labute approximate surface area is 98.8 Å². The van der Waals surface area contributed by atoms with E-state index in [1.807, 2.05) is 6.92 Å². The first-order valence-electron chi connectivity index (χ1n) is 5.26. The highest BCUT2D eigenvalue weighted by molar-refractivity contribution is 5.35. The summed E-state index contributed by atoms with van der Waals surface area (Å²) in [4.78, 5) is 9.68. The molecule has 0 saturated carbocycles. The summed E-state index contributed by atoms with van der Waals surface area (Å²) in [5, 5.41) is 19.5. The highest BCUT2D eigenvalue weighted by atomic mass is 19.1. The molecule has 0 saturated heterocycles. The van der Waals surface area contributed by atoms with Crippen molar-refractivity contribution < 1.29 is 9.31 Å². The van der Waals surface area contributed by atoms with Gasteiger partial charge in [-0.05, 0) is 31.4 Å². The van der Waals surface area contributed by atoms with Gasteiger partial charge in [-0.3, -0.25) is 10.1 Å². The quantitative estimate of drug-likeness (QED) is 0.595. The van der Waals surface area contributed by atoms with Gasteiger partial charge in [0.2, 0.25) is 5.82 Å². The van der Waals surface area contributed by atoms with E-state index in [4.69, 9.17) is 5.26 Å². The average Bonchev–Trinajstić information content (AvgIpc) is 2.28. The van der Waals surface area contributed by atoms with Gasteiger partial charge >= 0.3 is 5.69 Å². The minimum absolute atomic E-state index is 0.384. The predicted molar refractivity (Wildman–Crippen MR) is 60.8 cm³/mol. The van der Waals surface area contributed by atoms with E-state index < -0.39 is 21.8 Å². The van der Waals surface area contributed by atoms with E-state index in [2.05, 4.69) is 6.07 Å². The summed E-state index contributed by atoms with van der Waals surface area (Å²) >= 11 is 0. The lowest BCUT2D eigenvalue weighted by Crippen LogP contribution is -2.16. The lowest BCUT2D eigenvalue weighted by molar-refractivity contribution is -0.387. The number of nitriles is 1. The molecule has 17 heavy (non-hydrogen) atoms. The van der Waals surface area contributed by atoms with Gasteiger partial charge in [0.15, 0.2) is 0 Å². The molecule has 0 spiro atoms. The van der Waals surface area contributed by atoms with Crippen molar-refractivity contribution in [1.29, 1.82) is 5.26 Å². The van der Waals surface area contributed by atoms with Crippen LogP contribution < -0.4 is 0 Å². The molecule has 1 unspecified atom stereocenters. The maximum Gasteiger partial charge on any atom is 0.304 e. The second-order valence-electron chi connectivity index (χ2n) is 4.25. The molecule has 0 radical (unpaired) electrons. The number of halogens is 1. The zero-order valence-electron chi connectivity index (χ0n) is 9.74. The SMILES string of the molecule is CCC(C)(C#N)Cc1ccc([N+](=O)[O-])c(F)c1. The number of nitrogens with zero attached hydrogens (tertiary/aromatic N) is 2. The molecule has 5 heteroatoms. The van der Waals surface area contributed by atoms with Crippen LogP contribution in [0.25, 0.3) is 0 Å². The van der Waals surface area contributed by atoms with E-state index in [1.165, 1.54) is 6.07 Å². The third-order valence-electron chi connectivity index (χ3n) is 2.85. The van der Waals surface area contributed by atoms with Gasteiger partial charge in [-0.15, -0.1) is 0 Å². The van der Waals surface area contributed by atoms with E-state index in [0.29, 0.717) is 18.4 Å². The molecule has 0 fully saturated rings. The van der Waals surface area contributed by atoms with E-state index in [0.717, 1.165) is 12.1 Å². The van der Waals surface area contributed by atoms with Crippen molar-refractivity contribution in [2.24, 2.45) is 5.41 Å². The van der Waals surface area contributed by atoms with Crippen LogP contribution in [0.3, 0.4) is 0 Å². The van der Waals surface area contributed by atoms with Crippen molar-refractivity contribution in [2.45, 2.75) is 26.7 Å². The van der Waals surface area contributed by atoms with Gasteiger partial charge in [0.25, 0.3) is 0 Å². The highest BCUT2D eigenvalue weighted by Crippen LogP contribution is 2.27. The molecule has 0 N–H and O–H groups in total. The first-order valence-corrected chi connectivity index (χ1v) is 5.26. The molecular formula is C12H13FN2O2. The summed E-state index contributed by atoms with van der Waals surface area (Å²) in [6.45, 7) is 3.66. The second-order valence-corrected chi connectivity index (χ2v) is 4.25. The van der Waals surface area contributed by atoms with Gasteiger partial charge in [0.05, 0.1) is 16.4 Å². The summed E-state index contributed by atoms with van der Waals surface area (Å²) < 4.78 is 13.4. The number of nitro benzene ring substituents is 1. The largest absolute Gasteiger partial charge is 0.304 e. The number of hydrogen-bond acceptors (Lipinski definition) is 3. The smallest absolute Gasteiger partial charge is 0.258 e. The van der Waals surface area contributed by atoms with Crippen molar-refractivity contribution in [1.82, 2.24) is 0 Å². The zero-order chi connectivity index (χ0) is 13.1. The molecule has 1 atom stereocenters. The molecule has 0 aliphatic carbocycles. The van der Waals surface area contributed by atoms with Gasteiger partial charge in [-0.25, -0.2) is 0 Å². The lowest BCUT2D eigenvalue weighted by atomic mass is 9.83. The van der Waals surface area contributed by atoms with Crippen LogP contribution in [0.15, 0.2) is 18.2 Å². The van der Waals surface area contributed by atoms with E-state index >= 15 is 0 Å². The molecule has 0 aliphatic heterocycles. The van der Waals surface area contributed by atoms with Crippen LogP contribution in [-0.2, 0) is 6.42 Å². The van der Waals surface area contributed by atoms with Crippen LogP contribution in [0.5, 0.6) is 0 Å². The van der Waals surface area contributed by atoms with Crippen molar-refractivity contribution >= 4 is 5.69 Å². The first kappa shape index (κ1) is 13.1. The summed E-state index contributed by atoms with van der Waals surface area (Å²) in [5.41, 5.74) is -0.509. The summed E-state index contributed by atoms with van der Waals surface area (Å²) in [6.07, 6.45) is 1.02. The Hall–Kier alpha value is -1.96. The van der Waals surface area contributed by atoms with Gasteiger partial charge in [0.1, 0.15) is 0 Å². The Bertz CT molecular complexity index is 482. The molecule has 4 nitrogen and oxygen atoms in total. The summed E-state index contributed by atoms with van der Waals surface area (Å²) in [7, 11) is 0. The van der Waals surface area contributed by atoms with E-state index in [1.54, 1.807) is 6.92 Å². The zero-order valence-corrected chi connectivity index (χ0v) is 9.74. The third-order valence-corrected chi connectivity index (χ3v) is 2.85. The van der Waals surface area contributed by atoms with Crippen molar-refractivity contribution in [2.75, 3.05) is 0 Å². The number of nitro groups is 1. The Balaban J connectivity index is 3.00. The lowest BCUT2D eigenvalue weighted by Gasteiger charge is -2.18. The normalized spacial score (nSPS) is 13.8. The Morgan fingerprint density at radius 3 is 2.65 bits per heavy atom. The molecule has 0 heterocycles. The van der Waals surface area contributed by atoms with Crippen LogP contribution in [0.4, 0.5) is 10.1 Å². The fraction of sp³-hybridized carbons (Fsp3) is 0.417. The minimum atomic E-state index is -0.858. The molecule has 0 amide bonds. The molecule has 0 aliphatic rings. The van der Waals surface area contributed by atoms with Crippen molar-refractivity contribution in [3.63, 3.8) is 0 Å². The van der Waals surface area contributed by atoms with Crippen LogP contribution in [0.2, 0.25) is 0 Å². The van der Waals surface area contributed by atoms with E-state index in [9.17, 15) is 14.5 Å². The highest BCUT2D eigenvalue weighted by Gasteiger charge is 2.23. The van der Waals surface area contributed by atoms with Crippen LogP contribution in [0, 0.1) is 32.7 Å². The van der Waals surface area contributed by atoms with Crippen molar-refractivity contribution in [3.05, 3.63) is 39.7 Å². The number of benzene rings is 1. The van der Waals surface area contributed by atoms with Crippen LogP contribution in [0.1, 0.15) is 25.8 Å². The molecule has 1 aromatic rings. The maximum atomic E-state index is 13.4. The Morgan fingerprint density at radius 1 is 1.59 bits per heavy atom. The summed E-state index contributed by atoms with van der Waals surface area (Å²) in [6, 6.07) is 5.94. The van der Waals surface area contributed by atoms with Gasteiger partial charge in [0, 0.05) is 6.07 Å². The first-order chi connectivity index (χ1) is 7.91. The molecule has 1 rings (SSSR count). The molecule has 1 aromatic carbocycles. The maximum absolute atomic E-state index is 13.4. The third kappa shape index (κ3) is 3.00. The van der Waals surface area contributed by atoms with Gasteiger partial charge in [-0.2, -0.15) is 9.65 Å². The second kappa shape index (κ2) is 4.91. The fourth-order valence-corrected chi connectivity index (χ4v) is 1.50. The van der Waals surface area contributed by atoms with E-state index in [-0.39, 0.29) is 0 Å². The molecular weight excluding hydrogens is 223 g/mol. The van der Waals surface area contributed by atoms with Crippen molar-refractivity contribution in [3.8, 4) is 6.07 Å². The minimum Gasteiger partial charge on any atom is -0.258 e. The number of hydrogen-bond donors (Lipinski definition) is 0. The van der Waals surface area contributed by atoms with Gasteiger partial charge in [-0.1, -0.05) is 13.0 Å². The average molecular weight is 236 g/mol. The van der Waals surface area contributed by atoms with Crippen LogP contribution >= 0.6 is 0 Å². The standard InChI is InChI=1S/C12H13FN2O2/c1-3-12(2,8-14)7-9-4-5-11(15(16)17)10(13)6-9/h4-6H,3,7H2,1-2H3. The number of rotatable bonds is 4. The monoisotopic (exact) mass is 236 g/mol. The van der Waals surface area contributed by atoms with Crippen LogP contribution in [-0.4, -0.2) is 4.92 Å². The Kier molecular flexibility index (Phi) is 3.79. The Morgan fingerprint density at radius 2 is 2.24 bits per heavy atom. The summed E-state index contributed by atoms with van der Waals surface area (Å²) in [5.74, 6) is -0.858. The molecule has 90 valence electrons. The molecule has 0 bridgehead atoms. The predicted octanol–water partition coefficient (Wildman–Crippen LogP) is 3.22. The topological polar surface area (TPSA) is 66.9 Å². The fourth-order valence-electron chi connectivity index (χ4n) is 1.50.